The van der Waals surface area contributed by atoms with Crippen molar-refractivity contribution in [3.05, 3.63) is 47.9 Å². The molecule has 2 N–H and O–H groups in total. The highest BCUT2D eigenvalue weighted by molar-refractivity contribution is 6.03. The largest absolute Gasteiger partial charge is 0.462 e. The topological polar surface area (TPSA) is 93.2 Å². The van der Waals surface area contributed by atoms with Crippen LogP contribution in [0, 0.1) is 0 Å². The molecule has 0 spiro atoms. The number of hydrogen-bond donors (Lipinski definition) is 2. The Morgan fingerprint density at radius 1 is 1.11 bits per heavy atom. The zero-order valence-corrected chi connectivity index (χ0v) is 15.4. The van der Waals surface area contributed by atoms with E-state index in [1.807, 2.05) is 0 Å². The predicted molar refractivity (Wildman–Crippen MR) is 103 cm³/mol. The Morgan fingerprint density at radius 2 is 1.85 bits per heavy atom. The molecule has 0 unspecified atom stereocenters. The van der Waals surface area contributed by atoms with Crippen molar-refractivity contribution in [1.29, 1.82) is 0 Å². The molecule has 1 aliphatic carbocycles. The molecule has 1 amide bonds. The van der Waals surface area contributed by atoms with E-state index in [-0.39, 0.29) is 17.6 Å². The summed E-state index contributed by atoms with van der Waals surface area (Å²) in [6.45, 7) is 2.08. The second-order valence-corrected chi connectivity index (χ2v) is 6.52. The lowest BCUT2D eigenvalue weighted by atomic mass is 9.95. The van der Waals surface area contributed by atoms with Crippen LogP contribution >= 0.6 is 0 Å². The second-order valence-electron chi connectivity index (χ2n) is 6.52. The van der Waals surface area contributed by atoms with Gasteiger partial charge in [-0.1, -0.05) is 19.3 Å². The zero-order valence-electron chi connectivity index (χ0n) is 15.4. The number of rotatable bonds is 6. The van der Waals surface area contributed by atoms with Crippen molar-refractivity contribution in [1.82, 2.24) is 9.97 Å². The summed E-state index contributed by atoms with van der Waals surface area (Å²) < 4.78 is 4.94. The average Bonchev–Trinajstić information content (AvgIpc) is 2.70. The van der Waals surface area contributed by atoms with Gasteiger partial charge < -0.3 is 15.4 Å². The smallest absolute Gasteiger partial charge is 0.338 e. The first-order valence-electron chi connectivity index (χ1n) is 9.33. The maximum atomic E-state index is 12.5. The molecule has 1 heterocycles. The molecule has 1 aliphatic rings. The van der Waals surface area contributed by atoms with Gasteiger partial charge in [0.25, 0.3) is 5.91 Å². The summed E-state index contributed by atoms with van der Waals surface area (Å²) in [6.07, 6.45) is 7.36. The number of ether oxygens (including phenoxy) is 1. The minimum atomic E-state index is -0.385. The van der Waals surface area contributed by atoms with E-state index >= 15 is 0 Å². The molecule has 0 atom stereocenters. The first kappa shape index (κ1) is 18.8. The molecule has 0 saturated heterocycles. The van der Waals surface area contributed by atoms with Crippen LogP contribution in [0.4, 0.5) is 11.5 Å². The van der Waals surface area contributed by atoms with Gasteiger partial charge >= 0.3 is 5.97 Å². The van der Waals surface area contributed by atoms with Crippen molar-refractivity contribution in [2.24, 2.45) is 0 Å². The molecule has 0 radical (unpaired) electrons. The summed E-state index contributed by atoms with van der Waals surface area (Å²) in [4.78, 5) is 32.4. The van der Waals surface area contributed by atoms with Gasteiger partial charge in [0.1, 0.15) is 17.8 Å². The highest BCUT2D eigenvalue weighted by Gasteiger charge is 2.15. The van der Waals surface area contributed by atoms with Crippen LogP contribution in [0.25, 0.3) is 0 Å². The number of carbonyl (C=O) groups is 2. The van der Waals surface area contributed by atoms with Crippen molar-refractivity contribution in [3.8, 4) is 0 Å². The lowest BCUT2D eigenvalue weighted by Crippen LogP contribution is -2.23. The minimum Gasteiger partial charge on any atom is -0.462 e. The molecule has 1 fully saturated rings. The number of nitrogens with zero attached hydrogens (tertiary/aromatic N) is 2. The summed E-state index contributed by atoms with van der Waals surface area (Å²) in [5.41, 5.74) is 1.31. The number of anilines is 2. The zero-order chi connectivity index (χ0) is 19.1. The summed E-state index contributed by atoms with van der Waals surface area (Å²) in [5.74, 6) is -0.0442. The third-order valence-corrected chi connectivity index (χ3v) is 4.51. The van der Waals surface area contributed by atoms with E-state index < -0.39 is 0 Å². The second kappa shape index (κ2) is 9.12. The highest BCUT2D eigenvalue weighted by Crippen LogP contribution is 2.21. The van der Waals surface area contributed by atoms with Crippen LogP contribution in [-0.4, -0.2) is 34.5 Å². The first-order valence-corrected chi connectivity index (χ1v) is 9.33. The van der Waals surface area contributed by atoms with Crippen molar-refractivity contribution in [2.45, 2.75) is 45.1 Å². The first-order chi connectivity index (χ1) is 13.2. The normalized spacial score (nSPS) is 14.4. The van der Waals surface area contributed by atoms with Crippen molar-refractivity contribution in [2.75, 3.05) is 17.2 Å². The van der Waals surface area contributed by atoms with Crippen LogP contribution < -0.4 is 10.6 Å². The van der Waals surface area contributed by atoms with Gasteiger partial charge in [-0.05, 0) is 44.0 Å². The van der Waals surface area contributed by atoms with Crippen LogP contribution in [0.15, 0.2) is 36.7 Å². The van der Waals surface area contributed by atoms with Crippen LogP contribution in [0.1, 0.15) is 59.9 Å². The monoisotopic (exact) mass is 368 g/mol. The molecule has 3 rings (SSSR count). The molecule has 142 valence electrons. The third kappa shape index (κ3) is 5.26. The molecule has 0 bridgehead atoms. The number of aromatic nitrogens is 2. The van der Waals surface area contributed by atoms with E-state index in [1.54, 1.807) is 37.3 Å². The van der Waals surface area contributed by atoms with Crippen molar-refractivity contribution < 1.29 is 14.3 Å². The summed E-state index contributed by atoms with van der Waals surface area (Å²) in [5, 5.41) is 6.17. The van der Waals surface area contributed by atoms with Crippen LogP contribution in [-0.2, 0) is 4.74 Å². The predicted octanol–water partition coefficient (Wildman–Crippen LogP) is 3.65. The molecule has 7 heteroatoms. The van der Waals surface area contributed by atoms with Crippen LogP contribution in [0.3, 0.4) is 0 Å². The maximum absolute atomic E-state index is 12.5. The van der Waals surface area contributed by atoms with E-state index in [0.29, 0.717) is 29.7 Å². The lowest BCUT2D eigenvalue weighted by molar-refractivity contribution is 0.0526. The van der Waals surface area contributed by atoms with Crippen LogP contribution in [0.5, 0.6) is 0 Å². The highest BCUT2D eigenvalue weighted by atomic mass is 16.5. The SMILES string of the molecule is CCOC(=O)c1ccc(NC(=O)c2cc(NC3CCCCC3)ncn2)cc1. The fourth-order valence-electron chi connectivity index (χ4n) is 3.12. The fraction of sp³-hybridized carbons (Fsp3) is 0.400. The molecule has 1 aromatic carbocycles. The summed E-state index contributed by atoms with van der Waals surface area (Å²) >= 11 is 0. The molecule has 27 heavy (non-hydrogen) atoms. The van der Waals surface area contributed by atoms with E-state index in [0.717, 1.165) is 12.8 Å². The molecule has 7 nitrogen and oxygen atoms in total. The van der Waals surface area contributed by atoms with Gasteiger partial charge in [-0.3, -0.25) is 4.79 Å². The van der Waals surface area contributed by atoms with E-state index in [2.05, 4.69) is 20.6 Å². The van der Waals surface area contributed by atoms with Gasteiger partial charge in [0.2, 0.25) is 0 Å². The van der Waals surface area contributed by atoms with Gasteiger partial charge in [0.05, 0.1) is 12.2 Å². The van der Waals surface area contributed by atoms with Gasteiger partial charge in [0, 0.05) is 17.8 Å². The summed E-state index contributed by atoms with van der Waals surface area (Å²) in [7, 11) is 0. The number of amides is 1. The van der Waals surface area contributed by atoms with Gasteiger partial charge in [-0.25, -0.2) is 14.8 Å². The average molecular weight is 368 g/mol. The molecule has 2 aromatic rings. The Morgan fingerprint density at radius 3 is 2.56 bits per heavy atom. The molecule has 1 aromatic heterocycles. The number of esters is 1. The molecule has 0 aliphatic heterocycles. The minimum absolute atomic E-state index is 0.290. The number of nitrogens with one attached hydrogen (secondary N) is 2. The van der Waals surface area contributed by atoms with E-state index in [1.165, 1.54) is 25.6 Å². The fourth-order valence-corrected chi connectivity index (χ4v) is 3.12. The Balaban J connectivity index is 1.62. The van der Waals surface area contributed by atoms with E-state index in [4.69, 9.17) is 4.74 Å². The van der Waals surface area contributed by atoms with Crippen molar-refractivity contribution >= 4 is 23.4 Å². The number of benzene rings is 1. The Kier molecular flexibility index (Phi) is 6.35. The van der Waals surface area contributed by atoms with Gasteiger partial charge in [0.15, 0.2) is 0 Å². The number of hydrogen-bond acceptors (Lipinski definition) is 6. The maximum Gasteiger partial charge on any atom is 0.338 e. The van der Waals surface area contributed by atoms with Crippen LogP contribution in [0.2, 0.25) is 0 Å². The quantitative estimate of drug-likeness (QED) is 0.756. The van der Waals surface area contributed by atoms with Crippen molar-refractivity contribution in [3.63, 3.8) is 0 Å². The van der Waals surface area contributed by atoms with Gasteiger partial charge in [-0.15, -0.1) is 0 Å². The Hall–Kier alpha value is -2.96. The standard InChI is InChI=1S/C20H24N4O3/c1-2-27-20(26)14-8-10-16(11-9-14)24-19(25)17-12-18(22-13-21-17)23-15-6-4-3-5-7-15/h8-13,15H,2-7H2,1H3,(H,24,25)(H,21,22,23). The number of carbonyl (C=O) groups excluding carboxylic acids is 2. The Labute approximate surface area is 158 Å². The molecular weight excluding hydrogens is 344 g/mol. The third-order valence-electron chi connectivity index (χ3n) is 4.51. The molecular formula is C20H24N4O3. The Bertz CT molecular complexity index is 786. The van der Waals surface area contributed by atoms with E-state index in [9.17, 15) is 9.59 Å². The summed E-state index contributed by atoms with van der Waals surface area (Å²) in [6, 6.07) is 8.61. The lowest BCUT2D eigenvalue weighted by Gasteiger charge is -2.23. The van der Waals surface area contributed by atoms with Gasteiger partial charge in [-0.2, -0.15) is 0 Å². The molecule has 1 saturated carbocycles.